The van der Waals surface area contributed by atoms with Gasteiger partial charge in [0.25, 0.3) is 0 Å². The van der Waals surface area contributed by atoms with Crippen LogP contribution in [-0.4, -0.2) is 75.0 Å². The van der Waals surface area contributed by atoms with Crippen molar-refractivity contribution in [3.63, 3.8) is 0 Å². The lowest BCUT2D eigenvalue weighted by atomic mass is 10.1. The number of aromatic nitrogens is 3. The van der Waals surface area contributed by atoms with E-state index in [1.54, 1.807) is 4.68 Å². The van der Waals surface area contributed by atoms with Crippen molar-refractivity contribution in [1.29, 1.82) is 0 Å². The molecule has 1 aromatic rings. The highest BCUT2D eigenvalue weighted by Crippen LogP contribution is 2.11. The van der Waals surface area contributed by atoms with Crippen molar-refractivity contribution in [1.82, 2.24) is 35.3 Å². The number of rotatable bonds is 4. The summed E-state index contributed by atoms with van der Waals surface area (Å²) in [4.78, 5) is 4.80. The molecule has 1 aromatic heterocycles. The first-order chi connectivity index (χ1) is 11.4. The molecule has 3 rings (SSSR count). The van der Waals surface area contributed by atoms with E-state index in [1.165, 1.54) is 0 Å². The van der Waals surface area contributed by atoms with Crippen LogP contribution in [-0.2, 0) is 13.1 Å². The smallest absolute Gasteiger partial charge is 0.165 e. The summed E-state index contributed by atoms with van der Waals surface area (Å²) >= 11 is 0. The Bertz CT molecular complexity index is 479. The maximum absolute atomic E-state index is 6.28. The first-order valence-corrected chi connectivity index (χ1v) is 9.05. The Kier molecular flexibility index (Phi) is 5.39. The molecular formula is C16H32N8. The number of nitrogens with two attached hydrogens (primary N) is 1. The number of nitrogens with one attached hydrogen (secondary N) is 2. The van der Waals surface area contributed by atoms with Gasteiger partial charge in [-0.25, -0.2) is 4.68 Å². The highest BCUT2D eigenvalue weighted by atomic mass is 15.4. The van der Waals surface area contributed by atoms with E-state index in [9.17, 15) is 0 Å². The molecule has 0 bridgehead atoms. The Morgan fingerprint density at radius 2 is 1.12 bits per heavy atom. The molecule has 4 N–H and O–H groups in total. The summed E-state index contributed by atoms with van der Waals surface area (Å²) < 4.78 is 1.69. The molecule has 2 fully saturated rings. The normalized spacial score (nSPS) is 33.0. The second kappa shape index (κ2) is 7.35. The van der Waals surface area contributed by atoms with Crippen LogP contribution < -0.4 is 16.5 Å². The highest BCUT2D eigenvalue weighted by Gasteiger charge is 2.25. The molecule has 0 radical (unpaired) electrons. The molecule has 8 heteroatoms. The Labute approximate surface area is 144 Å². The summed E-state index contributed by atoms with van der Waals surface area (Å²) in [6.45, 7) is 14.4. The van der Waals surface area contributed by atoms with E-state index < -0.39 is 0 Å². The fourth-order valence-corrected chi connectivity index (χ4v) is 4.12. The number of piperazine rings is 2. The second-order valence-corrected chi connectivity index (χ2v) is 7.73. The molecule has 0 amide bonds. The molecule has 0 aromatic carbocycles. The summed E-state index contributed by atoms with van der Waals surface area (Å²) in [5.74, 6) is 7.98. The van der Waals surface area contributed by atoms with E-state index >= 15 is 0 Å². The predicted molar refractivity (Wildman–Crippen MR) is 94.8 cm³/mol. The number of hydrogen-bond donors (Lipinski definition) is 3. The summed E-state index contributed by atoms with van der Waals surface area (Å²) in [5.41, 5.74) is 0. The number of hydrogen-bond acceptors (Lipinski definition) is 7. The number of nitrogens with zero attached hydrogens (tertiary/aromatic N) is 5. The van der Waals surface area contributed by atoms with Crippen molar-refractivity contribution in [2.45, 2.75) is 65.0 Å². The summed E-state index contributed by atoms with van der Waals surface area (Å²) in [6, 6.07) is 1.97. The lowest BCUT2D eigenvalue weighted by Crippen LogP contribution is -2.54. The van der Waals surface area contributed by atoms with Gasteiger partial charge in [0.1, 0.15) is 0 Å². The van der Waals surface area contributed by atoms with Crippen molar-refractivity contribution in [2.24, 2.45) is 0 Å². The Hall–Kier alpha value is -1.22. The molecule has 24 heavy (non-hydrogen) atoms. The van der Waals surface area contributed by atoms with Crippen LogP contribution in [0.25, 0.3) is 0 Å². The minimum absolute atomic E-state index is 0.492. The average molecular weight is 336 g/mol. The van der Waals surface area contributed by atoms with Crippen LogP contribution in [0.1, 0.15) is 39.3 Å². The zero-order valence-corrected chi connectivity index (χ0v) is 15.4. The molecule has 4 atom stereocenters. The van der Waals surface area contributed by atoms with Crippen LogP contribution in [0.4, 0.5) is 0 Å². The molecule has 8 nitrogen and oxygen atoms in total. The molecule has 3 heterocycles. The molecule has 2 saturated heterocycles. The fraction of sp³-hybridized carbons (Fsp3) is 0.875. The lowest BCUT2D eigenvalue weighted by Gasteiger charge is -2.36. The first kappa shape index (κ1) is 17.6. The zero-order valence-electron chi connectivity index (χ0n) is 15.4. The van der Waals surface area contributed by atoms with Crippen molar-refractivity contribution < 1.29 is 0 Å². The quantitative estimate of drug-likeness (QED) is 0.630. The van der Waals surface area contributed by atoms with E-state index in [1.807, 2.05) is 0 Å². The maximum atomic E-state index is 6.28. The van der Waals surface area contributed by atoms with E-state index in [0.29, 0.717) is 24.2 Å². The maximum Gasteiger partial charge on any atom is 0.165 e. The monoisotopic (exact) mass is 336 g/mol. The van der Waals surface area contributed by atoms with E-state index in [2.05, 4.69) is 58.3 Å². The van der Waals surface area contributed by atoms with Gasteiger partial charge in [-0.3, -0.25) is 9.80 Å². The SMILES string of the molecule is CC1CN(Cc2nnc(CN3CC(C)NC(C)C3)n2N)CC(C)N1. The minimum Gasteiger partial charge on any atom is -0.336 e. The molecule has 136 valence electrons. The van der Waals surface area contributed by atoms with Gasteiger partial charge in [0.05, 0.1) is 13.1 Å². The Morgan fingerprint density at radius 3 is 1.46 bits per heavy atom. The van der Waals surface area contributed by atoms with Gasteiger partial charge in [-0.1, -0.05) is 0 Å². The van der Waals surface area contributed by atoms with Crippen molar-refractivity contribution in [3.05, 3.63) is 11.6 Å². The van der Waals surface area contributed by atoms with Crippen LogP contribution in [0.2, 0.25) is 0 Å². The van der Waals surface area contributed by atoms with Gasteiger partial charge in [-0.2, -0.15) is 0 Å². The van der Waals surface area contributed by atoms with Crippen LogP contribution >= 0.6 is 0 Å². The first-order valence-electron chi connectivity index (χ1n) is 9.05. The molecule has 2 aliphatic heterocycles. The van der Waals surface area contributed by atoms with Crippen molar-refractivity contribution >= 4 is 0 Å². The number of nitrogen functional groups attached to an aromatic ring is 1. The third kappa shape index (κ3) is 4.24. The van der Waals surface area contributed by atoms with E-state index in [4.69, 9.17) is 5.84 Å². The Balaban J connectivity index is 1.61. The van der Waals surface area contributed by atoms with Crippen molar-refractivity contribution in [3.8, 4) is 0 Å². The summed E-state index contributed by atoms with van der Waals surface area (Å²) in [6.07, 6.45) is 0. The minimum atomic E-state index is 0.492. The van der Waals surface area contributed by atoms with Crippen LogP contribution in [0.15, 0.2) is 0 Å². The average Bonchev–Trinajstić information content (AvgIpc) is 2.78. The van der Waals surface area contributed by atoms with Crippen LogP contribution in [0.3, 0.4) is 0 Å². The van der Waals surface area contributed by atoms with Crippen LogP contribution in [0, 0.1) is 0 Å². The summed E-state index contributed by atoms with van der Waals surface area (Å²) in [7, 11) is 0. The van der Waals surface area contributed by atoms with Crippen LogP contribution in [0.5, 0.6) is 0 Å². The third-order valence-electron chi connectivity index (χ3n) is 4.83. The van der Waals surface area contributed by atoms with Gasteiger partial charge >= 0.3 is 0 Å². The summed E-state index contributed by atoms with van der Waals surface area (Å²) in [5, 5.41) is 15.8. The Morgan fingerprint density at radius 1 is 0.792 bits per heavy atom. The van der Waals surface area contributed by atoms with Gasteiger partial charge in [0, 0.05) is 50.3 Å². The predicted octanol–water partition coefficient (Wildman–Crippen LogP) is -0.644. The highest BCUT2D eigenvalue weighted by molar-refractivity contribution is 4.98. The molecule has 4 unspecified atom stereocenters. The van der Waals surface area contributed by atoms with Gasteiger partial charge in [-0.15, -0.1) is 10.2 Å². The lowest BCUT2D eigenvalue weighted by molar-refractivity contribution is 0.158. The van der Waals surface area contributed by atoms with Crippen molar-refractivity contribution in [2.75, 3.05) is 32.0 Å². The van der Waals surface area contributed by atoms with E-state index in [-0.39, 0.29) is 0 Å². The molecular weight excluding hydrogens is 304 g/mol. The third-order valence-corrected chi connectivity index (χ3v) is 4.83. The molecule has 0 spiro atoms. The molecule has 0 saturated carbocycles. The van der Waals surface area contributed by atoms with Gasteiger partial charge in [-0.05, 0) is 27.7 Å². The molecule has 0 aliphatic carbocycles. The zero-order chi connectivity index (χ0) is 17.3. The van der Waals surface area contributed by atoms with Gasteiger partial charge in [0.15, 0.2) is 11.6 Å². The van der Waals surface area contributed by atoms with E-state index in [0.717, 1.165) is 50.9 Å². The molecule has 2 aliphatic rings. The van der Waals surface area contributed by atoms with Gasteiger partial charge < -0.3 is 16.5 Å². The largest absolute Gasteiger partial charge is 0.336 e. The second-order valence-electron chi connectivity index (χ2n) is 7.73. The fourth-order valence-electron chi connectivity index (χ4n) is 4.12. The standard InChI is InChI=1S/C16H32N8/c1-11-5-22(6-12(2)18-11)9-15-20-21-16(24(15)17)10-23-7-13(3)19-14(4)8-23/h11-14,18-19H,5-10,17H2,1-4H3. The topological polar surface area (TPSA) is 87.3 Å². The van der Waals surface area contributed by atoms with Gasteiger partial charge in [0.2, 0.25) is 0 Å².